The van der Waals surface area contributed by atoms with Crippen molar-refractivity contribution >= 4 is 11.9 Å². The maximum Gasteiger partial charge on any atom is 0.163 e. The van der Waals surface area contributed by atoms with Crippen LogP contribution in [0.4, 0.5) is 0 Å². The van der Waals surface area contributed by atoms with Gasteiger partial charge in [-0.25, -0.2) is 0 Å². The van der Waals surface area contributed by atoms with E-state index in [9.17, 15) is 9.90 Å². The molecule has 0 saturated heterocycles. The predicted octanol–water partition coefficient (Wildman–Crippen LogP) is 3.09. The topological polar surface area (TPSA) is 46.5 Å². The van der Waals surface area contributed by atoms with Crippen LogP contribution in [0, 0.1) is 6.92 Å². The molecule has 0 atom stereocenters. The maximum atomic E-state index is 11.4. The first-order chi connectivity index (χ1) is 7.82. The van der Waals surface area contributed by atoms with Crippen molar-refractivity contribution in [2.75, 3.05) is 0 Å². The number of phenolic OH excluding ortho intramolecular Hbond substituents is 1. The molecule has 0 saturated carbocycles. The number of Topliss-reactive ketones (excluding diaryl/α,β-unsaturated/α-hetero) is 1. The number of ether oxygens (including phenoxy) is 1. The molecule has 0 radical (unpaired) electrons. The Balaban J connectivity index is 2.67. The largest absolute Gasteiger partial charge is 0.506 e. The predicted molar refractivity (Wildman–Crippen MR) is 66.6 cm³/mol. The maximum absolute atomic E-state index is 11.4. The highest BCUT2D eigenvalue weighted by molar-refractivity contribution is 5.99. The van der Waals surface area contributed by atoms with Crippen LogP contribution in [0.1, 0.15) is 42.3 Å². The van der Waals surface area contributed by atoms with Crippen LogP contribution in [-0.2, 0) is 0 Å². The lowest BCUT2D eigenvalue weighted by atomic mass is 9.95. The Kier molecular flexibility index (Phi) is 2.49. The molecule has 1 aliphatic heterocycles. The van der Waals surface area contributed by atoms with E-state index >= 15 is 0 Å². The lowest BCUT2D eigenvalue weighted by molar-refractivity contribution is 0.101. The molecule has 0 fully saturated rings. The zero-order valence-corrected chi connectivity index (χ0v) is 10.5. The number of benzene rings is 1. The van der Waals surface area contributed by atoms with Gasteiger partial charge in [0, 0.05) is 0 Å². The number of hydrogen-bond donors (Lipinski definition) is 1. The minimum Gasteiger partial charge on any atom is -0.506 e. The summed E-state index contributed by atoms with van der Waals surface area (Å²) in [6.45, 7) is 7.21. The Morgan fingerprint density at radius 3 is 2.65 bits per heavy atom. The second kappa shape index (κ2) is 3.62. The Morgan fingerprint density at radius 2 is 2.06 bits per heavy atom. The summed E-state index contributed by atoms with van der Waals surface area (Å²) in [5.41, 5.74) is 1.41. The second-order valence-corrected chi connectivity index (χ2v) is 4.93. The van der Waals surface area contributed by atoms with Crippen LogP contribution >= 0.6 is 0 Å². The van der Waals surface area contributed by atoms with Gasteiger partial charge in [0.05, 0.1) is 11.1 Å². The van der Waals surface area contributed by atoms with E-state index in [0.717, 1.165) is 5.56 Å². The van der Waals surface area contributed by atoms with Crippen molar-refractivity contribution in [3.63, 3.8) is 0 Å². The van der Waals surface area contributed by atoms with Gasteiger partial charge >= 0.3 is 0 Å². The number of ketones is 1. The third-order valence-corrected chi connectivity index (χ3v) is 2.87. The van der Waals surface area contributed by atoms with Crippen LogP contribution in [0.25, 0.3) is 6.08 Å². The average molecular weight is 232 g/mol. The molecule has 2 rings (SSSR count). The smallest absolute Gasteiger partial charge is 0.163 e. The molecular formula is C14H16O3. The van der Waals surface area contributed by atoms with Crippen molar-refractivity contribution in [3.8, 4) is 11.5 Å². The highest BCUT2D eigenvalue weighted by Crippen LogP contribution is 2.41. The van der Waals surface area contributed by atoms with E-state index < -0.39 is 0 Å². The van der Waals surface area contributed by atoms with Gasteiger partial charge in [-0.2, -0.15) is 0 Å². The van der Waals surface area contributed by atoms with Crippen LogP contribution in [0.5, 0.6) is 11.5 Å². The molecule has 1 heterocycles. The van der Waals surface area contributed by atoms with Crippen molar-refractivity contribution in [1.29, 1.82) is 0 Å². The van der Waals surface area contributed by atoms with E-state index in [4.69, 9.17) is 4.74 Å². The molecule has 1 aromatic carbocycles. The van der Waals surface area contributed by atoms with Crippen LogP contribution in [0.15, 0.2) is 12.1 Å². The Bertz CT molecular complexity index is 525. The third kappa shape index (κ3) is 1.93. The quantitative estimate of drug-likeness (QED) is 0.757. The standard InChI is InChI=1S/C14H16O3/c1-8-7-11(9(2)15)12(16)10-5-6-14(3,4)17-13(8)10/h5-7,16H,1-4H3. The van der Waals surface area contributed by atoms with Gasteiger partial charge in [-0.3, -0.25) is 4.79 Å². The third-order valence-electron chi connectivity index (χ3n) is 2.87. The molecule has 0 aliphatic carbocycles. The summed E-state index contributed by atoms with van der Waals surface area (Å²) in [6, 6.07) is 1.67. The molecule has 3 nitrogen and oxygen atoms in total. The molecular weight excluding hydrogens is 216 g/mol. The molecule has 0 bridgehead atoms. The zero-order valence-electron chi connectivity index (χ0n) is 10.5. The normalized spacial score (nSPS) is 16.2. The highest BCUT2D eigenvalue weighted by atomic mass is 16.5. The number of carbonyl (C=O) groups excluding carboxylic acids is 1. The fraction of sp³-hybridized carbons (Fsp3) is 0.357. The first-order valence-corrected chi connectivity index (χ1v) is 5.57. The molecule has 0 spiro atoms. The van der Waals surface area contributed by atoms with E-state index in [1.165, 1.54) is 6.92 Å². The minimum atomic E-state index is -0.387. The second-order valence-electron chi connectivity index (χ2n) is 4.93. The van der Waals surface area contributed by atoms with Gasteiger partial charge in [0.1, 0.15) is 17.1 Å². The first kappa shape index (κ1) is 11.7. The lowest BCUT2D eigenvalue weighted by Crippen LogP contribution is -2.28. The van der Waals surface area contributed by atoms with Crippen LogP contribution in [0.3, 0.4) is 0 Å². The molecule has 90 valence electrons. The van der Waals surface area contributed by atoms with Crippen LogP contribution in [-0.4, -0.2) is 16.5 Å². The average Bonchev–Trinajstić information content (AvgIpc) is 2.21. The molecule has 3 heteroatoms. The summed E-state index contributed by atoms with van der Waals surface area (Å²) in [6.07, 6.45) is 3.69. The van der Waals surface area contributed by atoms with E-state index in [2.05, 4.69) is 0 Å². The van der Waals surface area contributed by atoms with Gasteiger partial charge in [-0.05, 0) is 51.5 Å². The molecule has 0 amide bonds. The monoisotopic (exact) mass is 232 g/mol. The van der Waals surface area contributed by atoms with E-state index in [-0.39, 0.29) is 17.1 Å². The molecule has 1 aromatic rings. The number of phenols is 1. The first-order valence-electron chi connectivity index (χ1n) is 5.57. The molecule has 1 N–H and O–H groups in total. The summed E-state index contributed by atoms with van der Waals surface area (Å²) in [7, 11) is 0. The summed E-state index contributed by atoms with van der Waals surface area (Å²) in [4.78, 5) is 11.4. The van der Waals surface area contributed by atoms with Crippen LogP contribution < -0.4 is 4.74 Å². The van der Waals surface area contributed by atoms with Gasteiger partial charge in [-0.15, -0.1) is 0 Å². The number of aromatic hydroxyl groups is 1. The molecule has 0 unspecified atom stereocenters. The number of carbonyl (C=O) groups is 1. The number of hydrogen-bond acceptors (Lipinski definition) is 3. The van der Waals surface area contributed by atoms with Gasteiger partial charge in [-0.1, -0.05) is 0 Å². The molecule has 0 aromatic heterocycles. The summed E-state index contributed by atoms with van der Waals surface area (Å²) in [5.74, 6) is 0.511. The fourth-order valence-corrected chi connectivity index (χ4v) is 1.96. The summed E-state index contributed by atoms with van der Waals surface area (Å²) in [5, 5.41) is 10.0. The molecule has 17 heavy (non-hydrogen) atoms. The van der Waals surface area contributed by atoms with Crippen LogP contribution in [0.2, 0.25) is 0 Å². The number of rotatable bonds is 1. The highest BCUT2D eigenvalue weighted by Gasteiger charge is 2.26. The number of aryl methyl sites for hydroxylation is 1. The van der Waals surface area contributed by atoms with Gasteiger partial charge in [0.25, 0.3) is 0 Å². The summed E-state index contributed by atoms with van der Waals surface area (Å²) >= 11 is 0. The van der Waals surface area contributed by atoms with E-state index in [1.807, 2.05) is 32.9 Å². The zero-order chi connectivity index (χ0) is 12.8. The Hall–Kier alpha value is -1.77. The Labute approximate surface area is 101 Å². The van der Waals surface area contributed by atoms with Crippen molar-refractivity contribution in [1.82, 2.24) is 0 Å². The van der Waals surface area contributed by atoms with Crippen molar-refractivity contribution in [3.05, 3.63) is 28.8 Å². The van der Waals surface area contributed by atoms with Crippen molar-refractivity contribution in [2.24, 2.45) is 0 Å². The number of fused-ring (bicyclic) bond motifs is 1. The summed E-state index contributed by atoms with van der Waals surface area (Å²) < 4.78 is 5.81. The fourth-order valence-electron chi connectivity index (χ4n) is 1.96. The van der Waals surface area contributed by atoms with Gasteiger partial charge in [0.15, 0.2) is 5.78 Å². The lowest BCUT2D eigenvalue weighted by Gasteiger charge is -2.29. The SMILES string of the molecule is CC(=O)c1cc(C)c2c(c1O)C=CC(C)(C)O2. The van der Waals surface area contributed by atoms with E-state index in [0.29, 0.717) is 16.9 Å². The Morgan fingerprint density at radius 1 is 1.41 bits per heavy atom. The van der Waals surface area contributed by atoms with Crippen molar-refractivity contribution < 1.29 is 14.6 Å². The minimum absolute atomic E-state index is 0.00449. The van der Waals surface area contributed by atoms with Crippen molar-refractivity contribution in [2.45, 2.75) is 33.3 Å². The van der Waals surface area contributed by atoms with Gasteiger partial charge < -0.3 is 9.84 Å². The van der Waals surface area contributed by atoms with E-state index in [1.54, 1.807) is 6.07 Å². The van der Waals surface area contributed by atoms with Gasteiger partial charge in [0.2, 0.25) is 0 Å². The molecule has 1 aliphatic rings.